The lowest BCUT2D eigenvalue weighted by molar-refractivity contribution is 0.415. The Bertz CT molecular complexity index is 845. The number of rotatable bonds is 2. The van der Waals surface area contributed by atoms with Gasteiger partial charge in [-0.2, -0.15) is 0 Å². The smallest absolute Gasteiger partial charge is 0.205 e. The van der Waals surface area contributed by atoms with Crippen LogP contribution >= 0.6 is 34.8 Å². The van der Waals surface area contributed by atoms with Crippen LogP contribution in [0.15, 0.2) is 30.3 Å². The van der Waals surface area contributed by atoms with Crippen molar-refractivity contribution < 1.29 is 4.74 Å². The lowest BCUT2D eigenvalue weighted by Crippen LogP contribution is -2.01. The van der Waals surface area contributed by atoms with Crippen LogP contribution in [-0.2, 0) is 0 Å². The first-order valence-corrected chi connectivity index (χ1v) is 7.11. The van der Waals surface area contributed by atoms with Gasteiger partial charge in [0.25, 0.3) is 0 Å². The summed E-state index contributed by atoms with van der Waals surface area (Å²) >= 11 is 18.3. The van der Waals surface area contributed by atoms with Crippen LogP contribution < -0.4 is 10.5 Å². The summed E-state index contributed by atoms with van der Waals surface area (Å²) < 4.78 is 6.94. The SMILES string of the molecule is COc1ccc2nc(N)n(-c3cc(Cl)c(Cl)cc3Cl)c2c1. The molecule has 0 fully saturated rings. The largest absolute Gasteiger partial charge is 0.497 e. The van der Waals surface area contributed by atoms with Gasteiger partial charge in [0.1, 0.15) is 5.75 Å². The number of halogens is 3. The standard InChI is InChI=1S/C14H10Cl3N3O/c1-21-7-2-3-11-13(4-7)20(14(18)19-11)12-6-9(16)8(15)5-10(12)17/h2-6H,1H3,(H2,18,19). The minimum Gasteiger partial charge on any atom is -0.497 e. The molecule has 0 aliphatic heterocycles. The molecule has 4 nitrogen and oxygen atoms in total. The average Bonchev–Trinajstić information content (AvgIpc) is 2.78. The Morgan fingerprint density at radius 1 is 1.05 bits per heavy atom. The number of hydrogen-bond acceptors (Lipinski definition) is 3. The molecule has 0 saturated carbocycles. The second-order valence-corrected chi connectivity index (χ2v) is 5.60. The van der Waals surface area contributed by atoms with Gasteiger partial charge in [-0.05, 0) is 24.3 Å². The molecule has 0 radical (unpaired) electrons. The average molecular weight is 343 g/mol. The highest BCUT2D eigenvalue weighted by molar-refractivity contribution is 6.43. The Morgan fingerprint density at radius 3 is 2.48 bits per heavy atom. The van der Waals surface area contributed by atoms with Crippen molar-refractivity contribution in [1.29, 1.82) is 0 Å². The highest BCUT2D eigenvalue weighted by Gasteiger charge is 2.15. The molecule has 108 valence electrons. The molecular formula is C14H10Cl3N3O. The Balaban J connectivity index is 2.34. The van der Waals surface area contributed by atoms with Gasteiger partial charge in [0.05, 0.1) is 38.9 Å². The molecule has 0 amide bonds. The number of aromatic nitrogens is 2. The minimum atomic E-state index is 0.304. The lowest BCUT2D eigenvalue weighted by atomic mass is 10.2. The number of fused-ring (bicyclic) bond motifs is 1. The first kappa shape index (κ1) is 14.3. The number of nitrogens with two attached hydrogens (primary N) is 1. The molecule has 0 aliphatic carbocycles. The van der Waals surface area contributed by atoms with E-state index in [-0.39, 0.29) is 0 Å². The quantitative estimate of drug-likeness (QED) is 0.694. The van der Waals surface area contributed by atoms with Crippen LogP contribution in [0.2, 0.25) is 15.1 Å². The summed E-state index contributed by atoms with van der Waals surface area (Å²) in [6.45, 7) is 0. The van der Waals surface area contributed by atoms with Crippen molar-refractivity contribution >= 4 is 51.8 Å². The van der Waals surface area contributed by atoms with Crippen LogP contribution in [0.5, 0.6) is 5.75 Å². The van der Waals surface area contributed by atoms with E-state index in [1.54, 1.807) is 23.8 Å². The van der Waals surface area contributed by atoms with E-state index < -0.39 is 0 Å². The van der Waals surface area contributed by atoms with Crippen LogP contribution in [0, 0.1) is 0 Å². The van der Waals surface area contributed by atoms with Gasteiger partial charge in [0, 0.05) is 6.07 Å². The van der Waals surface area contributed by atoms with E-state index in [1.165, 1.54) is 0 Å². The Labute approximate surface area is 136 Å². The molecule has 0 bridgehead atoms. The highest BCUT2D eigenvalue weighted by atomic mass is 35.5. The summed E-state index contributed by atoms with van der Waals surface area (Å²) in [7, 11) is 1.59. The zero-order chi connectivity index (χ0) is 15.1. The summed E-state index contributed by atoms with van der Waals surface area (Å²) in [5, 5.41) is 1.20. The van der Waals surface area contributed by atoms with Crippen molar-refractivity contribution in [1.82, 2.24) is 9.55 Å². The van der Waals surface area contributed by atoms with Crippen molar-refractivity contribution in [2.45, 2.75) is 0 Å². The monoisotopic (exact) mass is 341 g/mol. The normalized spacial score (nSPS) is 11.0. The molecule has 2 aromatic carbocycles. The third-order valence-electron chi connectivity index (χ3n) is 3.12. The molecule has 0 saturated heterocycles. The van der Waals surface area contributed by atoms with E-state index in [4.69, 9.17) is 45.3 Å². The number of methoxy groups -OCH3 is 1. The van der Waals surface area contributed by atoms with Crippen LogP contribution in [0.25, 0.3) is 16.7 Å². The molecule has 7 heteroatoms. The zero-order valence-corrected chi connectivity index (χ0v) is 13.2. The van der Waals surface area contributed by atoms with Gasteiger partial charge in [0.15, 0.2) is 0 Å². The highest BCUT2D eigenvalue weighted by Crippen LogP contribution is 2.35. The molecular weight excluding hydrogens is 333 g/mol. The molecule has 0 atom stereocenters. The molecule has 0 unspecified atom stereocenters. The number of nitrogens with zero attached hydrogens (tertiary/aromatic N) is 2. The molecule has 2 N–H and O–H groups in total. The summed E-state index contributed by atoms with van der Waals surface area (Å²) in [5.41, 5.74) is 8.12. The van der Waals surface area contributed by atoms with Gasteiger partial charge >= 0.3 is 0 Å². The van der Waals surface area contributed by atoms with Gasteiger partial charge in [0.2, 0.25) is 5.95 Å². The lowest BCUT2D eigenvalue weighted by Gasteiger charge is -2.10. The molecule has 3 aromatic rings. The summed E-state index contributed by atoms with van der Waals surface area (Å²) in [6, 6.07) is 8.70. The molecule has 1 heterocycles. The number of nitrogen functional groups attached to an aromatic ring is 1. The first-order valence-electron chi connectivity index (χ1n) is 5.98. The predicted octanol–water partition coefficient (Wildman–Crippen LogP) is 4.58. The van der Waals surface area contributed by atoms with Crippen molar-refractivity contribution in [3.05, 3.63) is 45.4 Å². The number of anilines is 1. The summed E-state index contributed by atoms with van der Waals surface area (Å²) in [4.78, 5) is 4.31. The molecule has 1 aromatic heterocycles. The van der Waals surface area contributed by atoms with E-state index in [9.17, 15) is 0 Å². The van der Waals surface area contributed by atoms with Crippen LogP contribution in [-0.4, -0.2) is 16.7 Å². The second-order valence-electron chi connectivity index (χ2n) is 4.38. The van der Waals surface area contributed by atoms with Crippen molar-refractivity contribution in [2.75, 3.05) is 12.8 Å². The zero-order valence-electron chi connectivity index (χ0n) is 10.9. The Kier molecular flexibility index (Phi) is 3.61. The van der Waals surface area contributed by atoms with Crippen LogP contribution in [0.3, 0.4) is 0 Å². The third-order valence-corrected chi connectivity index (χ3v) is 4.14. The fraction of sp³-hybridized carbons (Fsp3) is 0.0714. The predicted molar refractivity (Wildman–Crippen MR) is 87.1 cm³/mol. The van der Waals surface area contributed by atoms with Crippen LogP contribution in [0.1, 0.15) is 0 Å². The van der Waals surface area contributed by atoms with Gasteiger partial charge in [-0.1, -0.05) is 34.8 Å². The van der Waals surface area contributed by atoms with Crippen molar-refractivity contribution in [3.63, 3.8) is 0 Å². The van der Waals surface area contributed by atoms with Crippen LogP contribution in [0.4, 0.5) is 5.95 Å². The Hall–Kier alpha value is -1.62. The van der Waals surface area contributed by atoms with E-state index in [0.717, 1.165) is 11.0 Å². The Morgan fingerprint density at radius 2 is 1.76 bits per heavy atom. The molecule has 0 spiro atoms. The maximum absolute atomic E-state index is 6.26. The second kappa shape index (κ2) is 5.30. The minimum absolute atomic E-state index is 0.304. The topological polar surface area (TPSA) is 53.1 Å². The van der Waals surface area contributed by atoms with E-state index in [2.05, 4.69) is 4.98 Å². The van der Waals surface area contributed by atoms with Crippen molar-refractivity contribution in [3.8, 4) is 11.4 Å². The molecule has 21 heavy (non-hydrogen) atoms. The third kappa shape index (κ3) is 2.39. The number of hydrogen-bond donors (Lipinski definition) is 1. The van der Waals surface area contributed by atoms with Gasteiger partial charge in [-0.25, -0.2) is 4.98 Å². The molecule has 0 aliphatic rings. The first-order chi connectivity index (χ1) is 10.0. The number of ether oxygens (including phenoxy) is 1. The number of benzene rings is 2. The maximum atomic E-state index is 6.26. The summed E-state index contributed by atoms with van der Waals surface area (Å²) in [6.07, 6.45) is 0. The molecule has 3 rings (SSSR count). The van der Waals surface area contributed by atoms with Gasteiger partial charge in [-0.15, -0.1) is 0 Å². The number of imidazole rings is 1. The maximum Gasteiger partial charge on any atom is 0.205 e. The summed E-state index contributed by atoms with van der Waals surface area (Å²) in [5.74, 6) is 0.998. The van der Waals surface area contributed by atoms with Gasteiger partial charge in [-0.3, -0.25) is 4.57 Å². The fourth-order valence-electron chi connectivity index (χ4n) is 2.14. The fourth-order valence-corrected chi connectivity index (χ4v) is 2.76. The van der Waals surface area contributed by atoms with Crippen molar-refractivity contribution in [2.24, 2.45) is 0 Å². The van der Waals surface area contributed by atoms with E-state index in [0.29, 0.717) is 32.5 Å². The van der Waals surface area contributed by atoms with E-state index in [1.807, 2.05) is 18.2 Å². The van der Waals surface area contributed by atoms with Gasteiger partial charge < -0.3 is 10.5 Å². The van der Waals surface area contributed by atoms with E-state index >= 15 is 0 Å².